The van der Waals surface area contributed by atoms with Gasteiger partial charge in [-0.15, -0.1) is 10.2 Å². The monoisotopic (exact) mass is 387 g/mol. The summed E-state index contributed by atoms with van der Waals surface area (Å²) in [5.74, 6) is 1.32. The number of rotatable bonds is 7. The van der Waals surface area contributed by atoms with Crippen molar-refractivity contribution in [2.75, 3.05) is 0 Å². The normalized spacial score (nSPS) is 12.0. The average Bonchev–Trinajstić information content (AvgIpc) is 3.01. The van der Waals surface area contributed by atoms with Gasteiger partial charge in [-0.3, -0.25) is 4.79 Å². The van der Waals surface area contributed by atoms with Gasteiger partial charge in [-0.05, 0) is 19.1 Å². The first-order chi connectivity index (χ1) is 12.6. The molecule has 0 aliphatic rings. The molecule has 1 unspecified atom stereocenters. The number of Topliss-reactive ketones (excluding diaryl/α,β-unsaturated/α-hetero) is 1. The van der Waals surface area contributed by atoms with Crippen LogP contribution in [0.5, 0.6) is 5.75 Å². The highest BCUT2D eigenvalue weighted by Crippen LogP contribution is 2.26. The summed E-state index contributed by atoms with van der Waals surface area (Å²) in [6.45, 7) is 2.11. The van der Waals surface area contributed by atoms with E-state index in [0.717, 1.165) is 0 Å². The predicted octanol–water partition coefficient (Wildman–Crippen LogP) is 4.41. The summed E-state index contributed by atoms with van der Waals surface area (Å²) >= 11 is 7.46. The molecule has 0 aliphatic carbocycles. The third-order valence-electron chi connectivity index (χ3n) is 3.83. The standard InChI is InChI=1S/C19H18ClN3O2S/c1-13(18(24)14-8-4-3-5-9-14)26-19-22-21-17(23(19)2)12-25-16-11-7-6-10-15(16)20/h3-11,13H,12H2,1-2H3. The Bertz CT molecular complexity index is 899. The van der Waals surface area contributed by atoms with Gasteiger partial charge in [-0.1, -0.05) is 65.8 Å². The number of halogens is 1. The Kier molecular flexibility index (Phi) is 5.96. The van der Waals surface area contributed by atoms with Crippen molar-refractivity contribution in [2.24, 2.45) is 7.05 Å². The average molecular weight is 388 g/mol. The van der Waals surface area contributed by atoms with Gasteiger partial charge >= 0.3 is 0 Å². The van der Waals surface area contributed by atoms with E-state index in [0.29, 0.717) is 27.3 Å². The molecule has 0 N–H and O–H groups in total. The highest BCUT2D eigenvalue weighted by Gasteiger charge is 2.20. The van der Waals surface area contributed by atoms with Crippen molar-refractivity contribution in [1.82, 2.24) is 14.8 Å². The van der Waals surface area contributed by atoms with Crippen molar-refractivity contribution in [3.63, 3.8) is 0 Å². The lowest BCUT2D eigenvalue weighted by Crippen LogP contribution is -2.14. The number of aromatic nitrogens is 3. The fourth-order valence-electron chi connectivity index (χ4n) is 2.33. The molecule has 0 radical (unpaired) electrons. The summed E-state index contributed by atoms with van der Waals surface area (Å²) in [4.78, 5) is 12.5. The van der Waals surface area contributed by atoms with Gasteiger partial charge in [0.05, 0.1) is 10.3 Å². The maximum Gasteiger partial charge on any atom is 0.191 e. The third-order valence-corrected chi connectivity index (χ3v) is 5.27. The smallest absolute Gasteiger partial charge is 0.191 e. The quantitative estimate of drug-likeness (QED) is 0.444. The fraction of sp³-hybridized carbons (Fsp3) is 0.211. The first-order valence-electron chi connectivity index (χ1n) is 8.07. The molecule has 7 heteroatoms. The second kappa shape index (κ2) is 8.38. The zero-order chi connectivity index (χ0) is 18.5. The van der Waals surface area contributed by atoms with Gasteiger partial charge in [0.25, 0.3) is 0 Å². The van der Waals surface area contributed by atoms with E-state index in [-0.39, 0.29) is 17.6 Å². The van der Waals surface area contributed by atoms with Crippen molar-refractivity contribution < 1.29 is 9.53 Å². The second-order valence-electron chi connectivity index (χ2n) is 5.67. The largest absolute Gasteiger partial charge is 0.484 e. The Labute approximate surface area is 161 Å². The highest BCUT2D eigenvalue weighted by molar-refractivity contribution is 8.00. The Morgan fingerprint density at radius 2 is 1.85 bits per heavy atom. The van der Waals surface area contributed by atoms with E-state index in [4.69, 9.17) is 16.3 Å². The molecule has 134 valence electrons. The summed E-state index contributed by atoms with van der Waals surface area (Å²) in [6, 6.07) is 16.5. The number of hydrogen-bond donors (Lipinski definition) is 0. The van der Waals surface area contributed by atoms with E-state index >= 15 is 0 Å². The van der Waals surface area contributed by atoms with Crippen molar-refractivity contribution in [2.45, 2.75) is 23.9 Å². The van der Waals surface area contributed by atoms with Gasteiger partial charge < -0.3 is 9.30 Å². The SMILES string of the molecule is CC(Sc1nnc(COc2ccccc2Cl)n1C)C(=O)c1ccccc1. The number of thioether (sulfide) groups is 1. The molecule has 3 rings (SSSR count). The van der Waals surface area contributed by atoms with Gasteiger partial charge in [0, 0.05) is 12.6 Å². The predicted molar refractivity (Wildman–Crippen MR) is 103 cm³/mol. The van der Waals surface area contributed by atoms with Crippen LogP contribution < -0.4 is 4.74 Å². The first-order valence-corrected chi connectivity index (χ1v) is 9.33. The Balaban J connectivity index is 1.65. The van der Waals surface area contributed by atoms with Gasteiger partial charge in [-0.25, -0.2) is 0 Å². The Morgan fingerprint density at radius 3 is 2.58 bits per heavy atom. The zero-order valence-electron chi connectivity index (χ0n) is 14.4. The van der Waals surface area contributed by atoms with Crippen molar-refractivity contribution >= 4 is 29.1 Å². The Hall–Kier alpha value is -2.31. The van der Waals surface area contributed by atoms with Gasteiger partial charge in [-0.2, -0.15) is 0 Å². The number of hydrogen-bond acceptors (Lipinski definition) is 5. The molecule has 1 aromatic heterocycles. The molecule has 0 aliphatic heterocycles. The lowest BCUT2D eigenvalue weighted by molar-refractivity contribution is 0.0994. The van der Waals surface area contributed by atoms with Crippen LogP contribution in [-0.4, -0.2) is 25.8 Å². The number of carbonyl (C=O) groups excluding carboxylic acids is 1. The zero-order valence-corrected chi connectivity index (χ0v) is 16.0. The lowest BCUT2D eigenvalue weighted by Gasteiger charge is -2.10. The fourth-order valence-corrected chi connectivity index (χ4v) is 3.43. The van der Waals surface area contributed by atoms with E-state index < -0.39 is 0 Å². The molecule has 26 heavy (non-hydrogen) atoms. The minimum atomic E-state index is -0.266. The van der Waals surface area contributed by atoms with Crippen molar-refractivity contribution in [1.29, 1.82) is 0 Å². The molecule has 1 atom stereocenters. The van der Waals surface area contributed by atoms with Gasteiger partial charge in [0.2, 0.25) is 0 Å². The van der Waals surface area contributed by atoms with Crippen LogP contribution >= 0.6 is 23.4 Å². The number of nitrogens with zero attached hydrogens (tertiary/aromatic N) is 3. The molecule has 0 amide bonds. The molecular weight excluding hydrogens is 370 g/mol. The molecule has 0 saturated heterocycles. The molecule has 1 heterocycles. The van der Waals surface area contributed by atoms with Gasteiger partial charge in [0.15, 0.2) is 16.8 Å². The molecule has 5 nitrogen and oxygen atoms in total. The molecule has 0 fully saturated rings. The molecular formula is C19H18ClN3O2S. The maximum absolute atomic E-state index is 12.5. The van der Waals surface area contributed by atoms with E-state index in [1.54, 1.807) is 12.1 Å². The van der Waals surface area contributed by atoms with Crippen LogP contribution in [0.4, 0.5) is 0 Å². The van der Waals surface area contributed by atoms with Crippen LogP contribution in [0, 0.1) is 0 Å². The van der Waals surface area contributed by atoms with Crippen LogP contribution in [0.15, 0.2) is 59.8 Å². The minimum absolute atomic E-state index is 0.0625. The number of carbonyl (C=O) groups is 1. The minimum Gasteiger partial charge on any atom is -0.484 e. The maximum atomic E-state index is 12.5. The van der Waals surface area contributed by atoms with Crippen LogP contribution in [0.3, 0.4) is 0 Å². The second-order valence-corrected chi connectivity index (χ2v) is 7.38. The summed E-state index contributed by atoms with van der Waals surface area (Å²) in [5.41, 5.74) is 0.692. The van der Waals surface area contributed by atoms with Crippen LogP contribution in [0.1, 0.15) is 23.1 Å². The number of benzene rings is 2. The van der Waals surface area contributed by atoms with E-state index in [9.17, 15) is 4.79 Å². The van der Waals surface area contributed by atoms with Crippen LogP contribution in [-0.2, 0) is 13.7 Å². The lowest BCUT2D eigenvalue weighted by atomic mass is 10.1. The highest BCUT2D eigenvalue weighted by atomic mass is 35.5. The molecule has 0 saturated carbocycles. The van der Waals surface area contributed by atoms with Crippen LogP contribution in [0.25, 0.3) is 0 Å². The molecule has 0 spiro atoms. The van der Waals surface area contributed by atoms with Crippen molar-refractivity contribution in [3.8, 4) is 5.75 Å². The summed E-state index contributed by atoms with van der Waals surface area (Å²) in [7, 11) is 1.85. The molecule has 0 bridgehead atoms. The topological polar surface area (TPSA) is 57.0 Å². The number of ketones is 1. The third kappa shape index (κ3) is 4.26. The molecule has 2 aromatic carbocycles. The van der Waals surface area contributed by atoms with E-state index in [1.165, 1.54) is 11.8 Å². The first kappa shape index (κ1) is 18.5. The molecule has 3 aromatic rings. The van der Waals surface area contributed by atoms with Crippen LogP contribution in [0.2, 0.25) is 5.02 Å². The summed E-state index contributed by atoms with van der Waals surface area (Å²) < 4.78 is 7.54. The Morgan fingerprint density at radius 1 is 1.15 bits per heavy atom. The van der Waals surface area contributed by atoms with E-state index in [2.05, 4.69) is 10.2 Å². The summed E-state index contributed by atoms with van der Waals surface area (Å²) in [5, 5.41) is 9.28. The number of para-hydroxylation sites is 1. The van der Waals surface area contributed by atoms with Crippen molar-refractivity contribution in [3.05, 3.63) is 71.0 Å². The van der Waals surface area contributed by atoms with Gasteiger partial charge in [0.1, 0.15) is 12.4 Å². The number of ether oxygens (including phenoxy) is 1. The summed E-state index contributed by atoms with van der Waals surface area (Å²) in [6.07, 6.45) is 0. The van der Waals surface area contributed by atoms with E-state index in [1.807, 2.05) is 61.0 Å².